The molecule has 1 unspecified atom stereocenters. The summed E-state index contributed by atoms with van der Waals surface area (Å²) >= 11 is 0. The third-order valence-corrected chi connectivity index (χ3v) is 2.66. The largest absolute Gasteiger partial charge is 0.102 e. The Morgan fingerprint density at radius 2 is 1.64 bits per heavy atom. The second kappa shape index (κ2) is 4.00. The normalized spacial score (nSPS) is 13.7. The monoisotopic (exact) mass is 188 g/mol. The molecule has 0 bridgehead atoms. The van der Waals surface area contributed by atoms with Crippen molar-refractivity contribution in [3.05, 3.63) is 48.0 Å². The van der Waals surface area contributed by atoms with E-state index in [0.29, 0.717) is 5.92 Å². The molecular weight excluding hydrogens is 168 g/mol. The Kier molecular flexibility index (Phi) is 3.15. The van der Waals surface area contributed by atoms with Crippen molar-refractivity contribution in [1.29, 1.82) is 0 Å². The van der Waals surface area contributed by atoms with E-state index in [1.807, 2.05) is 6.08 Å². The number of hydrogen-bond acceptors (Lipinski definition) is 0. The summed E-state index contributed by atoms with van der Waals surface area (Å²) in [6, 6.07) is 8.84. The van der Waals surface area contributed by atoms with Crippen LogP contribution in [0.15, 0.2) is 36.9 Å². The Labute approximate surface area is 87.7 Å². The first kappa shape index (κ1) is 11.0. The highest BCUT2D eigenvalue weighted by molar-refractivity contribution is 5.30. The van der Waals surface area contributed by atoms with E-state index in [0.717, 1.165) is 0 Å². The van der Waals surface area contributed by atoms with E-state index in [-0.39, 0.29) is 5.41 Å². The molecule has 1 rings (SSSR count). The Morgan fingerprint density at radius 3 is 2.00 bits per heavy atom. The molecule has 0 N–H and O–H groups in total. The van der Waals surface area contributed by atoms with Gasteiger partial charge >= 0.3 is 0 Å². The highest BCUT2D eigenvalue weighted by Crippen LogP contribution is 2.24. The van der Waals surface area contributed by atoms with Crippen molar-refractivity contribution in [1.82, 2.24) is 0 Å². The fraction of sp³-hybridized carbons (Fsp3) is 0.429. The van der Waals surface area contributed by atoms with Crippen LogP contribution in [0.2, 0.25) is 0 Å². The fourth-order valence-corrected chi connectivity index (χ4v) is 1.42. The van der Waals surface area contributed by atoms with E-state index < -0.39 is 0 Å². The first-order valence-corrected chi connectivity index (χ1v) is 5.18. The van der Waals surface area contributed by atoms with Gasteiger partial charge in [0.15, 0.2) is 0 Å². The van der Waals surface area contributed by atoms with Crippen molar-refractivity contribution in [3.63, 3.8) is 0 Å². The zero-order valence-electron chi connectivity index (χ0n) is 9.67. The van der Waals surface area contributed by atoms with Gasteiger partial charge in [0, 0.05) is 0 Å². The van der Waals surface area contributed by atoms with Gasteiger partial charge in [-0.25, -0.2) is 0 Å². The minimum Gasteiger partial charge on any atom is -0.102 e. The molecule has 0 saturated carbocycles. The summed E-state index contributed by atoms with van der Waals surface area (Å²) in [4.78, 5) is 0. The summed E-state index contributed by atoms with van der Waals surface area (Å²) in [7, 11) is 0. The zero-order chi connectivity index (χ0) is 10.8. The molecule has 0 heteroatoms. The van der Waals surface area contributed by atoms with Crippen LogP contribution in [0.25, 0.3) is 0 Å². The standard InChI is InChI=1S/C14H20/c1-6-11(2)12-7-9-13(10-8-12)14(3,4)5/h6-11H,1H2,2-5H3. The molecule has 1 aromatic carbocycles. The maximum absolute atomic E-state index is 3.81. The topological polar surface area (TPSA) is 0 Å². The van der Waals surface area contributed by atoms with Crippen LogP contribution in [-0.4, -0.2) is 0 Å². The molecular formula is C14H20. The predicted octanol–water partition coefficient (Wildman–Crippen LogP) is 4.27. The third kappa shape index (κ3) is 2.47. The van der Waals surface area contributed by atoms with Crippen molar-refractivity contribution in [2.45, 2.75) is 39.0 Å². The van der Waals surface area contributed by atoms with Crippen molar-refractivity contribution in [2.24, 2.45) is 0 Å². The van der Waals surface area contributed by atoms with Gasteiger partial charge in [0.25, 0.3) is 0 Å². The highest BCUT2D eigenvalue weighted by atomic mass is 14.2. The lowest BCUT2D eigenvalue weighted by molar-refractivity contribution is 0.590. The lowest BCUT2D eigenvalue weighted by Gasteiger charge is -2.19. The van der Waals surface area contributed by atoms with Crippen LogP contribution in [0, 0.1) is 0 Å². The van der Waals surface area contributed by atoms with E-state index in [2.05, 4.69) is 58.5 Å². The fourth-order valence-electron chi connectivity index (χ4n) is 1.42. The van der Waals surface area contributed by atoms with Gasteiger partial charge in [-0.2, -0.15) is 0 Å². The summed E-state index contributed by atoms with van der Waals surface area (Å²) in [5.74, 6) is 0.448. The molecule has 0 saturated heterocycles. The molecule has 0 aliphatic rings. The third-order valence-electron chi connectivity index (χ3n) is 2.66. The van der Waals surface area contributed by atoms with Crippen LogP contribution in [0.3, 0.4) is 0 Å². The second-order valence-corrected chi connectivity index (χ2v) is 4.90. The maximum Gasteiger partial charge on any atom is -0.00131 e. The average Bonchev–Trinajstić information content (AvgIpc) is 2.15. The van der Waals surface area contributed by atoms with Gasteiger partial charge in [-0.15, -0.1) is 6.58 Å². The van der Waals surface area contributed by atoms with Gasteiger partial charge in [0.1, 0.15) is 0 Å². The summed E-state index contributed by atoms with van der Waals surface area (Å²) < 4.78 is 0. The Balaban J connectivity index is 2.95. The van der Waals surface area contributed by atoms with Crippen molar-refractivity contribution in [2.75, 3.05) is 0 Å². The molecule has 0 radical (unpaired) electrons. The molecule has 0 fully saturated rings. The first-order chi connectivity index (χ1) is 6.45. The van der Waals surface area contributed by atoms with Crippen LogP contribution in [0.1, 0.15) is 44.7 Å². The SMILES string of the molecule is C=CC(C)c1ccc(C(C)(C)C)cc1. The minimum absolute atomic E-state index is 0.246. The summed E-state index contributed by atoms with van der Waals surface area (Å²) in [5, 5.41) is 0. The summed E-state index contributed by atoms with van der Waals surface area (Å²) in [5.41, 5.74) is 2.97. The molecule has 76 valence electrons. The van der Waals surface area contributed by atoms with E-state index in [9.17, 15) is 0 Å². The molecule has 1 aromatic rings. The molecule has 0 nitrogen and oxygen atoms in total. The van der Waals surface area contributed by atoms with Crippen molar-refractivity contribution >= 4 is 0 Å². The Hall–Kier alpha value is -1.04. The molecule has 14 heavy (non-hydrogen) atoms. The molecule has 0 aliphatic heterocycles. The van der Waals surface area contributed by atoms with Crippen LogP contribution >= 0.6 is 0 Å². The zero-order valence-corrected chi connectivity index (χ0v) is 9.67. The quantitative estimate of drug-likeness (QED) is 0.608. The summed E-state index contributed by atoms with van der Waals surface area (Å²) in [6.45, 7) is 12.7. The van der Waals surface area contributed by atoms with Crippen LogP contribution in [-0.2, 0) is 5.41 Å². The van der Waals surface area contributed by atoms with E-state index in [4.69, 9.17) is 0 Å². The van der Waals surface area contributed by atoms with Gasteiger partial charge in [-0.3, -0.25) is 0 Å². The Bertz CT molecular complexity index is 298. The smallest absolute Gasteiger partial charge is 0.00131 e. The predicted molar refractivity (Wildman–Crippen MR) is 63.8 cm³/mol. The lowest BCUT2D eigenvalue weighted by atomic mass is 9.86. The number of benzene rings is 1. The average molecular weight is 188 g/mol. The maximum atomic E-state index is 3.81. The van der Waals surface area contributed by atoms with Gasteiger partial charge in [-0.1, -0.05) is 58.0 Å². The van der Waals surface area contributed by atoms with Crippen LogP contribution < -0.4 is 0 Å². The molecule has 0 aromatic heterocycles. The van der Waals surface area contributed by atoms with Crippen LogP contribution in [0.5, 0.6) is 0 Å². The number of hydrogen-bond donors (Lipinski definition) is 0. The molecule has 1 atom stereocenters. The van der Waals surface area contributed by atoms with Gasteiger partial charge in [0.05, 0.1) is 0 Å². The summed E-state index contributed by atoms with van der Waals surface area (Å²) in [6.07, 6.45) is 1.98. The molecule has 0 heterocycles. The van der Waals surface area contributed by atoms with Crippen molar-refractivity contribution < 1.29 is 0 Å². The van der Waals surface area contributed by atoms with E-state index in [1.165, 1.54) is 11.1 Å². The molecule has 0 aliphatic carbocycles. The highest BCUT2D eigenvalue weighted by Gasteiger charge is 2.13. The number of allylic oxidation sites excluding steroid dienone is 1. The minimum atomic E-state index is 0.246. The van der Waals surface area contributed by atoms with Gasteiger partial charge in [-0.05, 0) is 22.5 Å². The second-order valence-electron chi connectivity index (χ2n) is 4.90. The van der Waals surface area contributed by atoms with Crippen molar-refractivity contribution in [3.8, 4) is 0 Å². The van der Waals surface area contributed by atoms with Crippen LogP contribution in [0.4, 0.5) is 0 Å². The molecule has 0 amide bonds. The number of rotatable bonds is 2. The lowest BCUT2D eigenvalue weighted by Crippen LogP contribution is -2.10. The molecule has 0 spiro atoms. The van der Waals surface area contributed by atoms with E-state index >= 15 is 0 Å². The Morgan fingerprint density at radius 1 is 1.14 bits per heavy atom. The van der Waals surface area contributed by atoms with E-state index in [1.54, 1.807) is 0 Å². The first-order valence-electron chi connectivity index (χ1n) is 5.18. The van der Waals surface area contributed by atoms with Gasteiger partial charge < -0.3 is 0 Å². The van der Waals surface area contributed by atoms with Gasteiger partial charge in [0.2, 0.25) is 0 Å².